The van der Waals surface area contributed by atoms with Crippen molar-refractivity contribution in [1.82, 2.24) is 19.9 Å². The van der Waals surface area contributed by atoms with E-state index < -0.39 is 6.04 Å². The molecule has 0 unspecified atom stereocenters. The molecule has 1 amide bonds. The summed E-state index contributed by atoms with van der Waals surface area (Å²) in [6.45, 7) is 9.09. The average Bonchev–Trinajstić information content (AvgIpc) is 2.99. The molecule has 0 aliphatic heterocycles. The Bertz CT molecular complexity index is 800. The number of aryl methyl sites for hydroxylation is 2. The maximum Gasteiger partial charge on any atom is 0.328 e. The number of rotatable bonds is 12. The molecular formula is C22H34N4O3. The van der Waals surface area contributed by atoms with E-state index in [9.17, 15) is 9.59 Å². The lowest BCUT2D eigenvalue weighted by Gasteiger charge is -2.19. The fourth-order valence-electron chi connectivity index (χ4n) is 3.49. The number of esters is 1. The number of pyridine rings is 1. The van der Waals surface area contributed by atoms with Crippen LogP contribution in [0.15, 0.2) is 18.5 Å². The molecule has 2 rings (SSSR count). The van der Waals surface area contributed by atoms with E-state index in [1.165, 1.54) is 0 Å². The Balaban J connectivity index is 1.69. The van der Waals surface area contributed by atoms with E-state index in [2.05, 4.69) is 19.9 Å². The van der Waals surface area contributed by atoms with Gasteiger partial charge in [0.1, 0.15) is 17.4 Å². The molecule has 7 heteroatoms. The van der Waals surface area contributed by atoms with Crippen LogP contribution in [0, 0.1) is 12.8 Å². The second-order valence-electron chi connectivity index (χ2n) is 7.84. The Kier molecular flexibility index (Phi) is 9.09. The SMILES string of the molecule is CCOC(=O)[C@H](CC(C)C)NC(=O)CCCCCCn1c(C)nc2cnccc21. The predicted octanol–water partition coefficient (Wildman–Crippen LogP) is 3.78. The minimum Gasteiger partial charge on any atom is -0.464 e. The molecule has 160 valence electrons. The minimum atomic E-state index is -0.547. The molecule has 0 bridgehead atoms. The molecule has 1 atom stereocenters. The normalized spacial score (nSPS) is 12.3. The first-order valence-corrected chi connectivity index (χ1v) is 10.6. The van der Waals surface area contributed by atoms with Gasteiger partial charge < -0.3 is 14.6 Å². The number of aromatic nitrogens is 3. The number of imidazole rings is 1. The van der Waals surface area contributed by atoms with Crippen molar-refractivity contribution in [3.63, 3.8) is 0 Å². The Morgan fingerprint density at radius 1 is 1.21 bits per heavy atom. The first-order valence-electron chi connectivity index (χ1n) is 10.6. The van der Waals surface area contributed by atoms with Crippen LogP contribution in [0.25, 0.3) is 11.0 Å². The Morgan fingerprint density at radius 3 is 2.69 bits per heavy atom. The molecule has 0 aliphatic carbocycles. The topological polar surface area (TPSA) is 86.1 Å². The van der Waals surface area contributed by atoms with Crippen molar-refractivity contribution in [3.05, 3.63) is 24.3 Å². The number of nitrogens with one attached hydrogen (secondary N) is 1. The van der Waals surface area contributed by atoms with E-state index in [1.807, 2.05) is 26.8 Å². The lowest BCUT2D eigenvalue weighted by atomic mass is 10.0. The van der Waals surface area contributed by atoms with Gasteiger partial charge in [-0.05, 0) is 45.1 Å². The zero-order valence-corrected chi connectivity index (χ0v) is 18.1. The summed E-state index contributed by atoms with van der Waals surface area (Å²) in [7, 11) is 0. The summed E-state index contributed by atoms with van der Waals surface area (Å²) in [5.74, 6) is 0.895. The number of carbonyl (C=O) groups excluding carboxylic acids is 2. The summed E-state index contributed by atoms with van der Waals surface area (Å²) in [5.41, 5.74) is 2.05. The molecule has 2 aromatic heterocycles. The fraction of sp³-hybridized carbons (Fsp3) is 0.636. The highest BCUT2D eigenvalue weighted by molar-refractivity contribution is 5.84. The molecule has 2 heterocycles. The van der Waals surface area contributed by atoms with E-state index in [-0.39, 0.29) is 11.9 Å². The molecule has 7 nitrogen and oxygen atoms in total. The van der Waals surface area contributed by atoms with Gasteiger partial charge in [0, 0.05) is 19.2 Å². The van der Waals surface area contributed by atoms with Crippen LogP contribution in [0.2, 0.25) is 0 Å². The van der Waals surface area contributed by atoms with E-state index in [0.29, 0.717) is 25.4 Å². The molecule has 29 heavy (non-hydrogen) atoms. The van der Waals surface area contributed by atoms with Crippen LogP contribution in [0.4, 0.5) is 0 Å². The van der Waals surface area contributed by atoms with E-state index in [1.54, 1.807) is 19.3 Å². The molecule has 0 radical (unpaired) electrons. The first-order chi connectivity index (χ1) is 13.9. The summed E-state index contributed by atoms with van der Waals surface area (Å²) >= 11 is 0. The van der Waals surface area contributed by atoms with Crippen molar-refractivity contribution < 1.29 is 14.3 Å². The lowest BCUT2D eigenvalue weighted by molar-refractivity contribution is -0.147. The number of nitrogens with zero attached hydrogens (tertiary/aromatic N) is 3. The van der Waals surface area contributed by atoms with Gasteiger partial charge in [0.2, 0.25) is 5.91 Å². The standard InChI is InChI=1S/C22H34N4O3/c1-5-29-22(28)18(14-16(2)3)25-21(27)10-8-6-7-9-13-26-17(4)24-19-15-23-12-11-20(19)26/h11-12,15-16,18H,5-10,13-14H2,1-4H3,(H,25,27)/t18-/m0/s1. The summed E-state index contributed by atoms with van der Waals surface area (Å²) in [6, 6.07) is 1.45. The summed E-state index contributed by atoms with van der Waals surface area (Å²) in [4.78, 5) is 32.9. The second kappa shape index (κ2) is 11.5. The van der Waals surface area contributed by atoms with Gasteiger partial charge in [-0.15, -0.1) is 0 Å². The Morgan fingerprint density at radius 2 is 1.97 bits per heavy atom. The molecule has 2 aromatic rings. The highest BCUT2D eigenvalue weighted by Gasteiger charge is 2.22. The third-order valence-electron chi connectivity index (χ3n) is 4.89. The lowest BCUT2D eigenvalue weighted by Crippen LogP contribution is -2.42. The minimum absolute atomic E-state index is 0.0762. The molecule has 0 saturated heterocycles. The van der Waals surface area contributed by atoms with Crippen molar-refractivity contribution in [1.29, 1.82) is 0 Å². The van der Waals surface area contributed by atoms with Gasteiger partial charge in [0.05, 0.1) is 18.3 Å². The Hall–Kier alpha value is -2.44. The van der Waals surface area contributed by atoms with Crippen molar-refractivity contribution >= 4 is 22.9 Å². The number of carbonyl (C=O) groups is 2. The summed E-state index contributed by atoms with van der Waals surface area (Å²) in [6.07, 6.45) is 8.50. The maximum absolute atomic E-state index is 12.2. The number of fused-ring (bicyclic) bond motifs is 1. The summed E-state index contributed by atoms with van der Waals surface area (Å²) < 4.78 is 7.30. The molecule has 0 spiro atoms. The smallest absolute Gasteiger partial charge is 0.328 e. The third-order valence-corrected chi connectivity index (χ3v) is 4.89. The molecule has 0 aromatic carbocycles. The first kappa shape index (κ1) is 22.8. The number of hydrogen-bond donors (Lipinski definition) is 1. The number of hydrogen-bond acceptors (Lipinski definition) is 5. The van der Waals surface area contributed by atoms with Crippen LogP contribution >= 0.6 is 0 Å². The van der Waals surface area contributed by atoms with Gasteiger partial charge in [-0.2, -0.15) is 0 Å². The quantitative estimate of drug-likeness (QED) is 0.431. The molecular weight excluding hydrogens is 368 g/mol. The third kappa shape index (κ3) is 7.15. The van der Waals surface area contributed by atoms with Crippen molar-refractivity contribution in [2.75, 3.05) is 6.61 Å². The van der Waals surface area contributed by atoms with Gasteiger partial charge >= 0.3 is 5.97 Å². The van der Waals surface area contributed by atoms with Crippen LogP contribution in [-0.4, -0.2) is 39.1 Å². The molecule has 0 fully saturated rings. The highest BCUT2D eigenvalue weighted by atomic mass is 16.5. The zero-order valence-electron chi connectivity index (χ0n) is 18.1. The van der Waals surface area contributed by atoms with Crippen LogP contribution < -0.4 is 5.32 Å². The van der Waals surface area contributed by atoms with Gasteiger partial charge in [-0.25, -0.2) is 9.78 Å². The fourth-order valence-corrected chi connectivity index (χ4v) is 3.49. The predicted molar refractivity (Wildman–Crippen MR) is 113 cm³/mol. The highest BCUT2D eigenvalue weighted by Crippen LogP contribution is 2.16. The molecule has 0 aliphatic rings. The second-order valence-corrected chi connectivity index (χ2v) is 7.84. The van der Waals surface area contributed by atoms with Crippen LogP contribution in [0.5, 0.6) is 0 Å². The summed E-state index contributed by atoms with van der Waals surface area (Å²) in [5, 5.41) is 2.84. The van der Waals surface area contributed by atoms with Gasteiger partial charge in [0.15, 0.2) is 0 Å². The van der Waals surface area contributed by atoms with Gasteiger partial charge in [-0.3, -0.25) is 9.78 Å². The van der Waals surface area contributed by atoms with Gasteiger partial charge in [-0.1, -0.05) is 26.7 Å². The van der Waals surface area contributed by atoms with Crippen LogP contribution in [0.3, 0.4) is 0 Å². The van der Waals surface area contributed by atoms with Crippen molar-refractivity contribution in [2.24, 2.45) is 5.92 Å². The van der Waals surface area contributed by atoms with Crippen LogP contribution in [0.1, 0.15) is 65.1 Å². The van der Waals surface area contributed by atoms with E-state index >= 15 is 0 Å². The van der Waals surface area contributed by atoms with E-state index in [0.717, 1.165) is 49.1 Å². The van der Waals surface area contributed by atoms with Crippen molar-refractivity contribution in [2.45, 2.75) is 78.8 Å². The maximum atomic E-state index is 12.2. The van der Waals surface area contributed by atoms with E-state index in [4.69, 9.17) is 4.74 Å². The van der Waals surface area contributed by atoms with Crippen molar-refractivity contribution in [3.8, 4) is 0 Å². The monoisotopic (exact) mass is 402 g/mol. The molecule has 0 saturated carbocycles. The molecule has 1 N–H and O–H groups in total. The largest absolute Gasteiger partial charge is 0.464 e. The average molecular weight is 403 g/mol. The van der Waals surface area contributed by atoms with Crippen LogP contribution in [-0.2, 0) is 20.9 Å². The Labute approximate surface area is 173 Å². The number of amides is 1. The number of unbranched alkanes of at least 4 members (excludes halogenated alkanes) is 3. The van der Waals surface area contributed by atoms with Gasteiger partial charge in [0.25, 0.3) is 0 Å². The number of ether oxygens (including phenoxy) is 1. The zero-order chi connectivity index (χ0) is 21.2.